The number of rotatable bonds is 10. The summed E-state index contributed by atoms with van der Waals surface area (Å²) in [5.74, 6) is -0.661. The van der Waals surface area contributed by atoms with Crippen molar-refractivity contribution in [1.82, 2.24) is 19.5 Å². The fourth-order valence-corrected chi connectivity index (χ4v) is 5.74. The summed E-state index contributed by atoms with van der Waals surface area (Å²) in [6, 6.07) is 20.6. The van der Waals surface area contributed by atoms with E-state index < -0.39 is 46.4 Å². The van der Waals surface area contributed by atoms with Crippen LogP contribution in [0.3, 0.4) is 0 Å². The highest BCUT2D eigenvalue weighted by molar-refractivity contribution is 7.90. The van der Waals surface area contributed by atoms with E-state index in [9.17, 15) is 36.4 Å². The number of piperidine rings is 1. The summed E-state index contributed by atoms with van der Waals surface area (Å²) in [5.41, 5.74) is 0.833. The van der Waals surface area contributed by atoms with Crippen molar-refractivity contribution >= 4 is 22.1 Å². The Balaban J connectivity index is 1.14. The number of alkyl halides is 3. The number of hydrogen-bond acceptors (Lipinski definition) is 10. The largest absolute Gasteiger partial charge is 0.569 e. The molecular weight excluding hydrogens is 685 g/mol. The molecule has 0 spiro atoms. The van der Waals surface area contributed by atoms with Crippen LogP contribution in [0.25, 0.3) is 16.9 Å². The van der Waals surface area contributed by atoms with E-state index in [4.69, 9.17) is 14.3 Å². The molecule has 2 heterocycles. The van der Waals surface area contributed by atoms with E-state index in [1.165, 1.54) is 24.1 Å². The molecule has 0 bridgehead atoms. The minimum Gasteiger partial charge on any atom is -0.569 e. The van der Waals surface area contributed by atoms with Gasteiger partial charge in [0.05, 0.1) is 39.9 Å². The number of aryl methyl sites for hydroxylation is 1. The first kappa shape index (κ1) is 35.7. The van der Waals surface area contributed by atoms with Gasteiger partial charge in [-0.05, 0) is 49.4 Å². The zero-order valence-electron chi connectivity index (χ0n) is 26.6. The molecule has 1 aliphatic rings. The Morgan fingerprint density at radius 1 is 1.02 bits per heavy atom. The molecule has 1 N–H and O–H groups in total. The van der Waals surface area contributed by atoms with Gasteiger partial charge in [0.25, 0.3) is 16.3 Å². The van der Waals surface area contributed by atoms with Gasteiger partial charge < -0.3 is 14.7 Å². The molecular formula is C32H31F3N6O8S. The maximum atomic E-state index is 13.5. The summed E-state index contributed by atoms with van der Waals surface area (Å²) in [4.78, 5) is 29.4. The number of nitrogens with zero attached hydrogens (tertiary/aromatic N) is 5. The SMILES string of the molecule is Cc1ccc(-c2cc(C(F)(F)F)nn2-c2ccc(S(=O)(=O)NC(=O)OC3CCN(/[N+]([O-])=N/OC(C)OC(=O)c4ccccc4)CC3)cc2)cc1. The number of amides is 1. The van der Waals surface area contributed by atoms with E-state index in [1.54, 1.807) is 54.6 Å². The van der Waals surface area contributed by atoms with Crippen molar-refractivity contribution in [3.8, 4) is 16.9 Å². The third-order valence-corrected chi connectivity index (χ3v) is 8.77. The molecule has 1 amide bonds. The predicted molar refractivity (Wildman–Crippen MR) is 169 cm³/mol. The van der Waals surface area contributed by atoms with Crippen molar-refractivity contribution in [3.63, 3.8) is 0 Å². The Labute approximate surface area is 284 Å². The molecule has 0 aliphatic carbocycles. The molecule has 50 heavy (non-hydrogen) atoms. The zero-order valence-corrected chi connectivity index (χ0v) is 27.4. The maximum Gasteiger partial charge on any atom is 0.435 e. The van der Waals surface area contributed by atoms with Crippen LogP contribution >= 0.6 is 0 Å². The molecule has 0 radical (unpaired) electrons. The number of halogens is 3. The molecule has 1 saturated heterocycles. The lowest BCUT2D eigenvalue weighted by atomic mass is 10.1. The van der Waals surface area contributed by atoms with E-state index in [2.05, 4.69) is 10.4 Å². The Kier molecular flexibility index (Phi) is 10.6. The Morgan fingerprint density at radius 2 is 1.66 bits per heavy atom. The van der Waals surface area contributed by atoms with Crippen molar-refractivity contribution in [1.29, 1.82) is 0 Å². The van der Waals surface area contributed by atoms with Gasteiger partial charge in [-0.1, -0.05) is 48.0 Å². The van der Waals surface area contributed by atoms with Crippen LogP contribution in [0.15, 0.2) is 95.1 Å². The van der Waals surface area contributed by atoms with Crippen LogP contribution in [-0.2, 0) is 30.5 Å². The van der Waals surface area contributed by atoms with Gasteiger partial charge >= 0.3 is 18.2 Å². The number of hydrazine groups is 1. The average molecular weight is 717 g/mol. The van der Waals surface area contributed by atoms with Crippen molar-refractivity contribution in [2.45, 2.75) is 50.2 Å². The van der Waals surface area contributed by atoms with Crippen LogP contribution in [0.1, 0.15) is 41.4 Å². The number of benzene rings is 3. The number of sulfonamides is 1. The summed E-state index contributed by atoms with van der Waals surface area (Å²) < 4.78 is 79.6. The van der Waals surface area contributed by atoms with E-state index in [0.717, 1.165) is 28.4 Å². The molecule has 14 nitrogen and oxygen atoms in total. The molecule has 4 aromatic rings. The van der Waals surface area contributed by atoms with Crippen LogP contribution in [-0.4, -0.2) is 65.7 Å². The van der Waals surface area contributed by atoms with Crippen LogP contribution in [0.2, 0.25) is 0 Å². The minimum absolute atomic E-state index is 0.0781. The van der Waals surface area contributed by atoms with Gasteiger partial charge in [-0.25, -0.2) is 27.4 Å². The predicted octanol–water partition coefficient (Wildman–Crippen LogP) is 5.76. The first-order chi connectivity index (χ1) is 23.7. The summed E-state index contributed by atoms with van der Waals surface area (Å²) in [5, 5.41) is 20.7. The van der Waals surface area contributed by atoms with Gasteiger partial charge in [0, 0.05) is 25.3 Å². The smallest absolute Gasteiger partial charge is 0.435 e. The molecule has 1 aliphatic heterocycles. The number of carbonyl (C=O) groups is 2. The second kappa shape index (κ2) is 14.9. The second-order valence-electron chi connectivity index (χ2n) is 11.1. The Bertz CT molecular complexity index is 1950. The number of carbonyl (C=O) groups excluding carboxylic acids is 2. The molecule has 1 fully saturated rings. The first-order valence-corrected chi connectivity index (χ1v) is 16.6. The fraction of sp³-hybridized carbons (Fsp3) is 0.281. The van der Waals surface area contributed by atoms with E-state index >= 15 is 0 Å². The summed E-state index contributed by atoms with van der Waals surface area (Å²) in [6.45, 7) is 3.38. The number of hydrogen-bond donors (Lipinski definition) is 1. The van der Waals surface area contributed by atoms with Crippen LogP contribution in [0, 0.1) is 12.1 Å². The van der Waals surface area contributed by atoms with Crippen molar-refractivity contribution in [3.05, 3.63) is 107 Å². The highest BCUT2D eigenvalue weighted by atomic mass is 32.2. The first-order valence-electron chi connectivity index (χ1n) is 15.1. The zero-order chi connectivity index (χ0) is 36.1. The molecule has 1 atom stereocenters. The molecule has 0 saturated carbocycles. The second-order valence-corrected chi connectivity index (χ2v) is 12.8. The number of aromatic nitrogens is 2. The monoisotopic (exact) mass is 716 g/mol. The van der Waals surface area contributed by atoms with Gasteiger partial charge in [-0.2, -0.15) is 18.3 Å². The van der Waals surface area contributed by atoms with Crippen LogP contribution in [0.4, 0.5) is 18.0 Å². The lowest BCUT2D eigenvalue weighted by molar-refractivity contribution is -0.715. The lowest BCUT2D eigenvalue weighted by Gasteiger charge is -2.28. The van der Waals surface area contributed by atoms with Crippen LogP contribution < -0.4 is 4.72 Å². The Hall–Kier alpha value is -5.65. The van der Waals surface area contributed by atoms with Gasteiger partial charge in [0.2, 0.25) is 5.28 Å². The topological polar surface area (TPSA) is 167 Å². The number of nitrogens with one attached hydrogen (secondary N) is 1. The molecule has 18 heteroatoms. The van der Waals surface area contributed by atoms with Crippen molar-refractivity contribution in [2.24, 2.45) is 5.28 Å². The normalized spacial score (nSPS) is 14.9. The number of esters is 1. The van der Waals surface area contributed by atoms with Crippen molar-refractivity contribution in [2.75, 3.05) is 13.1 Å². The molecule has 1 unspecified atom stereocenters. The molecule has 1 aromatic heterocycles. The maximum absolute atomic E-state index is 13.5. The fourth-order valence-electron chi connectivity index (χ4n) is 4.86. The lowest BCUT2D eigenvalue weighted by Crippen LogP contribution is -2.43. The Morgan fingerprint density at radius 3 is 2.28 bits per heavy atom. The quantitative estimate of drug-likeness (QED) is 0.0701. The van der Waals surface area contributed by atoms with Gasteiger partial charge in [-0.3, -0.25) is 4.84 Å². The van der Waals surface area contributed by atoms with E-state index in [-0.39, 0.29) is 47.2 Å². The summed E-state index contributed by atoms with van der Waals surface area (Å²) >= 11 is 0. The third kappa shape index (κ3) is 8.87. The number of ether oxygens (including phenoxy) is 2. The highest BCUT2D eigenvalue weighted by Gasteiger charge is 2.35. The van der Waals surface area contributed by atoms with Gasteiger partial charge in [0.1, 0.15) is 6.10 Å². The molecule has 5 rings (SSSR count). The summed E-state index contributed by atoms with van der Waals surface area (Å²) in [7, 11) is -4.43. The third-order valence-electron chi connectivity index (χ3n) is 7.44. The van der Waals surface area contributed by atoms with Gasteiger partial charge in [0.15, 0.2) is 5.69 Å². The highest BCUT2D eigenvalue weighted by Crippen LogP contribution is 2.33. The van der Waals surface area contributed by atoms with Crippen molar-refractivity contribution < 1.29 is 50.5 Å². The van der Waals surface area contributed by atoms with E-state index in [1.807, 2.05) is 11.6 Å². The van der Waals surface area contributed by atoms with E-state index in [0.29, 0.717) is 11.1 Å². The molecule has 3 aromatic carbocycles. The molecule has 264 valence electrons. The van der Waals surface area contributed by atoms with Gasteiger partial charge in [-0.15, -0.1) is 5.01 Å². The summed E-state index contributed by atoms with van der Waals surface area (Å²) in [6.07, 6.45) is -7.55. The minimum atomic E-state index is -4.72. The van der Waals surface area contributed by atoms with Crippen LogP contribution in [0.5, 0.6) is 0 Å². The average Bonchev–Trinajstić information content (AvgIpc) is 3.55. The standard InChI is InChI=1S/C32H31F3N6O8S/c1-21-8-10-23(11-9-21)28-20-29(32(33,34)35)36-40(28)25-12-14-27(15-13-25)50(45,46)37-31(43)48-26-16-18-39(19-17-26)41(44)38-49-22(2)47-30(42)24-6-4-3-5-7-24/h3-15,20,22,26H,16-19H2,1-2H3,(H,37,43)/b41-38-.